The average Bonchev–Trinajstić information content (AvgIpc) is 2.44. The van der Waals surface area contributed by atoms with E-state index in [2.05, 4.69) is 6.58 Å². The summed E-state index contributed by atoms with van der Waals surface area (Å²) in [5.74, 6) is -1.17. The van der Waals surface area contributed by atoms with Crippen LogP contribution < -0.4 is 0 Å². The van der Waals surface area contributed by atoms with Crippen molar-refractivity contribution in [3.05, 3.63) is 12.2 Å². The molecule has 0 saturated heterocycles. The highest BCUT2D eigenvalue weighted by Gasteiger charge is 2.37. The van der Waals surface area contributed by atoms with Crippen molar-refractivity contribution in [2.24, 2.45) is 11.8 Å². The molecule has 0 aromatic heterocycles. The van der Waals surface area contributed by atoms with E-state index in [0.29, 0.717) is 18.4 Å². The first-order chi connectivity index (χ1) is 10.2. The Labute approximate surface area is 132 Å². The molecule has 1 fully saturated rings. The second-order valence-electron chi connectivity index (χ2n) is 6.77. The average molecular weight is 312 g/mol. The second-order valence-corrected chi connectivity index (χ2v) is 6.77. The van der Waals surface area contributed by atoms with Crippen molar-refractivity contribution in [3.63, 3.8) is 0 Å². The van der Waals surface area contributed by atoms with Gasteiger partial charge in [0.05, 0.1) is 18.6 Å². The molecule has 22 heavy (non-hydrogen) atoms. The van der Waals surface area contributed by atoms with Crippen LogP contribution in [-0.2, 0) is 19.1 Å². The van der Waals surface area contributed by atoms with E-state index in [0.717, 1.165) is 12.8 Å². The van der Waals surface area contributed by atoms with Gasteiger partial charge in [-0.15, -0.1) is 0 Å². The minimum Gasteiger partial charge on any atom is -0.462 e. The number of hydrogen-bond acceptors (Lipinski definition) is 5. The zero-order chi connectivity index (χ0) is 16.9. The van der Waals surface area contributed by atoms with E-state index in [1.54, 1.807) is 6.92 Å². The molecule has 0 spiro atoms. The summed E-state index contributed by atoms with van der Waals surface area (Å²) in [4.78, 5) is 23.5. The van der Waals surface area contributed by atoms with Crippen molar-refractivity contribution in [2.45, 2.75) is 65.1 Å². The summed E-state index contributed by atoms with van der Waals surface area (Å²) in [6.07, 6.45) is 1.70. The maximum absolute atomic E-state index is 12.2. The number of hydrogen-bond donors (Lipinski definition) is 1. The van der Waals surface area contributed by atoms with E-state index >= 15 is 0 Å². The number of carbonyl (C=O) groups excluding carboxylic acids is 2. The van der Waals surface area contributed by atoms with Crippen LogP contribution in [0.25, 0.3) is 0 Å². The molecule has 5 nitrogen and oxygen atoms in total. The predicted octanol–water partition coefficient (Wildman–Crippen LogP) is 2.61. The lowest BCUT2D eigenvalue weighted by Gasteiger charge is -2.34. The Kier molecular flexibility index (Phi) is 6.60. The minimum absolute atomic E-state index is 0.0709. The zero-order valence-electron chi connectivity index (χ0n) is 14.1. The van der Waals surface area contributed by atoms with E-state index in [9.17, 15) is 14.7 Å². The molecule has 0 amide bonds. The summed E-state index contributed by atoms with van der Waals surface area (Å²) in [6, 6.07) is 0. The van der Waals surface area contributed by atoms with Gasteiger partial charge in [-0.05, 0) is 52.4 Å². The van der Waals surface area contributed by atoms with E-state index in [4.69, 9.17) is 9.47 Å². The summed E-state index contributed by atoms with van der Waals surface area (Å²) < 4.78 is 10.6. The summed E-state index contributed by atoms with van der Waals surface area (Å²) in [5, 5.41) is 10.2. The lowest BCUT2D eigenvalue weighted by atomic mass is 9.80. The van der Waals surface area contributed by atoms with Crippen LogP contribution in [0, 0.1) is 11.8 Å². The third-order valence-electron chi connectivity index (χ3n) is 4.25. The normalized spacial score (nSPS) is 25.4. The first kappa shape index (κ1) is 18.7. The summed E-state index contributed by atoms with van der Waals surface area (Å²) in [5.41, 5.74) is -0.149. The molecular formula is C17H28O5. The van der Waals surface area contributed by atoms with Crippen LogP contribution in [0.5, 0.6) is 0 Å². The van der Waals surface area contributed by atoms with Crippen LogP contribution in [0.4, 0.5) is 0 Å². The molecule has 0 aromatic rings. The monoisotopic (exact) mass is 312 g/mol. The molecule has 5 heteroatoms. The van der Waals surface area contributed by atoms with Gasteiger partial charge in [0.25, 0.3) is 0 Å². The molecule has 126 valence electrons. The summed E-state index contributed by atoms with van der Waals surface area (Å²) in [6.45, 7) is 11.1. The molecule has 1 saturated carbocycles. The summed E-state index contributed by atoms with van der Waals surface area (Å²) in [7, 11) is 0. The van der Waals surface area contributed by atoms with Crippen molar-refractivity contribution >= 4 is 11.9 Å². The molecule has 0 aliphatic heterocycles. The van der Waals surface area contributed by atoms with E-state index in [-0.39, 0.29) is 18.5 Å². The Balaban J connectivity index is 2.47. The molecule has 1 aliphatic carbocycles. The maximum atomic E-state index is 12.2. The van der Waals surface area contributed by atoms with Crippen molar-refractivity contribution in [3.8, 4) is 0 Å². The smallest absolute Gasteiger partial charge is 0.333 e. The predicted molar refractivity (Wildman–Crippen MR) is 83.1 cm³/mol. The van der Waals surface area contributed by atoms with Crippen molar-refractivity contribution in [1.82, 2.24) is 0 Å². The Bertz CT molecular complexity index is 427. The molecule has 3 atom stereocenters. The molecule has 1 N–H and O–H groups in total. The maximum Gasteiger partial charge on any atom is 0.333 e. The number of carbonyl (C=O) groups is 2. The van der Waals surface area contributed by atoms with Gasteiger partial charge in [-0.1, -0.05) is 13.5 Å². The van der Waals surface area contributed by atoms with E-state index < -0.39 is 23.6 Å². The zero-order valence-corrected chi connectivity index (χ0v) is 14.1. The first-order valence-corrected chi connectivity index (χ1v) is 7.89. The van der Waals surface area contributed by atoms with Gasteiger partial charge in [0.15, 0.2) is 0 Å². The van der Waals surface area contributed by atoms with Gasteiger partial charge >= 0.3 is 11.9 Å². The van der Waals surface area contributed by atoms with E-state index in [1.807, 2.05) is 20.8 Å². The van der Waals surface area contributed by atoms with Crippen molar-refractivity contribution in [1.29, 1.82) is 0 Å². The van der Waals surface area contributed by atoms with Crippen molar-refractivity contribution < 1.29 is 24.2 Å². The Morgan fingerprint density at radius 1 is 1.32 bits per heavy atom. The van der Waals surface area contributed by atoms with Gasteiger partial charge in [0.2, 0.25) is 0 Å². The third-order valence-corrected chi connectivity index (χ3v) is 4.25. The fourth-order valence-electron chi connectivity index (χ4n) is 2.39. The molecule has 0 bridgehead atoms. The highest BCUT2D eigenvalue weighted by molar-refractivity contribution is 5.86. The Morgan fingerprint density at radius 3 is 2.45 bits per heavy atom. The van der Waals surface area contributed by atoms with Gasteiger partial charge in [0.1, 0.15) is 5.60 Å². The topological polar surface area (TPSA) is 72.8 Å². The molecule has 0 radical (unpaired) electrons. The van der Waals surface area contributed by atoms with Crippen LogP contribution in [0.15, 0.2) is 12.2 Å². The number of ether oxygens (including phenoxy) is 2. The standard InChI is InChI=1S/C17H28O5/c1-6-17(4,5)22-16(20)13-8-7-12(9-14(13)18)10-21-15(19)11(2)3/h12-14,18H,2,6-10H2,1,3-5H3. The first-order valence-electron chi connectivity index (χ1n) is 7.89. The van der Waals surface area contributed by atoms with Crippen LogP contribution in [0.2, 0.25) is 0 Å². The lowest BCUT2D eigenvalue weighted by Crippen LogP contribution is -2.40. The molecule has 1 aliphatic rings. The number of esters is 2. The molecule has 0 heterocycles. The van der Waals surface area contributed by atoms with Crippen LogP contribution in [0.1, 0.15) is 53.4 Å². The lowest BCUT2D eigenvalue weighted by molar-refractivity contribution is -0.169. The second kappa shape index (κ2) is 7.77. The fraction of sp³-hybridized carbons (Fsp3) is 0.765. The number of rotatable bonds is 6. The van der Waals surface area contributed by atoms with Crippen LogP contribution in [-0.4, -0.2) is 35.4 Å². The highest BCUT2D eigenvalue weighted by atomic mass is 16.6. The molecule has 0 aromatic carbocycles. The van der Waals surface area contributed by atoms with Gasteiger partial charge in [0, 0.05) is 5.57 Å². The molecule has 1 rings (SSSR count). The largest absolute Gasteiger partial charge is 0.462 e. The summed E-state index contributed by atoms with van der Waals surface area (Å²) >= 11 is 0. The SMILES string of the molecule is C=C(C)C(=O)OCC1CCC(C(=O)OC(C)(C)CC)C(O)C1. The molecule has 3 unspecified atom stereocenters. The van der Waals surface area contributed by atoms with Crippen LogP contribution in [0.3, 0.4) is 0 Å². The van der Waals surface area contributed by atoms with Crippen LogP contribution >= 0.6 is 0 Å². The minimum atomic E-state index is -0.748. The van der Waals surface area contributed by atoms with Gasteiger partial charge in [-0.2, -0.15) is 0 Å². The number of aliphatic hydroxyl groups is 1. The number of aliphatic hydroxyl groups excluding tert-OH is 1. The van der Waals surface area contributed by atoms with Gasteiger partial charge < -0.3 is 14.6 Å². The Morgan fingerprint density at radius 2 is 1.95 bits per heavy atom. The van der Waals surface area contributed by atoms with E-state index in [1.165, 1.54) is 0 Å². The highest BCUT2D eigenvalue weighted by Crippen LogP contribution is 2.31. The quantitative estimate of drug-likeness (QED) is 0.603. The Hall–Kier alpha value is -1.36. The van der Waals surface area contributed by atoms with Gasteiger partial charge in [-0.25, -0.2) is 4.79 Å². The van der Waals surface area contributed by atoms with Gasteiger partial charge in [-0.3, -0.25) is 4.79 Å². The van der Waals surface area contributed by atoms with Crippen molar-refractivity contribution in [2.75, 3.05) is 6.61 Å². The molecular weight excluding hydrogens is 284 g/mol. The third kappa shape index (κ3) is 5.44. The fourth-order valence-corrected chi connectivity index (χ4v) is 2.39.